The summed E-state index contributed by atoms with van der Waals surface area (Å²) in [5.41, 5.74) is 0.526. The van der Waals surface area contributed by atoms with Gasteiger partial charge in [0.1, 0.15) is 5.75 Å². The normalized spacial score (nSPS) is 10.6. The molecule has 9 nitrogen and oxygen atoms in total. The zero-order valence-electron chi connectivity index (χ0n) is 12.9. The number of nitrogens with zero attached hydrogens (tertiary/aromatic N) is 3. The van der Waals surface area contributed by atoms with Crippen LogP contribution in [0, 0.1) is 0 Å². The number of carbonyl (C=O) groups is 2. The molecule has 0 fully saturated rings. The van der Waals surface area contributed by atoms with Crippen LogP contribution in [0.15, 0.2) is 29.4 Å². The maximum absolute atomic E-state index is 12.1. The number of ether oxygens (including phenoxy) is 1. The van der Waals surface area contributed by atoms with Crippen molar-refractivity contribution in [1.29, 1.82) is 0 Å². The monoisotopic (exact) mass is 372 g/mol. The van der Waals surface area contributed by atoms with E-state index in [4.69, 9.17) is 5.84 Å². The van der Waals surface area contributed by atoms with E-state index >= 15 is 0 Å². The summed E-state index contributed by atoms with van der Waals surface area (Å²) in [6.45, 7) is -2.91. The van der Waals surface area contributed by atoms with Crippen LogP contribution < -0.4 is 21.2 Å². The van der Waals surface area contributed by atoms with Gasteiger partial charge in [0, 0.05) is 12.6 Å². The molecule has 0 aliphatic rings. The second-order valence-electron chi connectivity index (χ2n) is 4.50. The number of rotatable bonds is 6. The summed E-state index contributed by atoms with van der Waals surface area (Å²) in [4.78, 5) is 22.5. The van der Waals surface area contributed by atoms with E-state index in [9.17, 15) is 18.4 Å². The summed E-state index contributed by atoms with van der Waals surface area (Å²) >= 11 is 0.983. The highest BCUT2D eigenvalue weighted by Gasteiger charge is 2.15. The summed E-state index contributed by atoms with van der Waals surface area (Å²) in [6.07, 6.45) is 0. The maximum Gasteiger partial charge on any atom is 0.387 e. The fraction of sp³-hybridized carbons (Fsp3) is 0.231. The van der Waals surface area contributed by atoms with Crippen LogP contribution >= 0.6 is 11.8 Å². The number of thioether (sulfide) groups is 1. The second-order valence-corrected chi connectivity index (χ2v) is 5.44. The Labute approximate surface area is 144 Å². The van der Waals surface area contributed by atoms with Crippen molar-refractivity contribution in [1.82, 2.24) is 25.5 Å². The van der Waals surface area contributed by atoms with Crippen LogP contribution in [0.25, 0.3) is 11.4 Å². The summed E-state index contributed by atoms with van der Waals surface area (Å²) in [5, 5.41) is 12.3. The van der Waals surface area contributed by atoms with Crippen molar-refractivity contribution in [2.75, 3.05) is 18.6 Å². The highest BCUT2D eigenvalue weighted by molar-refractivity contribution is 7.99. The van der Waals surface area contributed by atoms with E-state index < -0.39 is 18.5 Å². The Balaban J connectivity index is 2.03. The molecule has 2 aromatic rings. The lowest BCUT2D eigenvalue weighted by atomic mass is 10.2. The first-order valence-corrected chi connectivity index (χ1v) is 7.79. The van der Waals surface area contributed by atoms with E-state index in [-0.39, 0.29) is 22.5 Å². The number of amides is 3. The first-order chi connectivity index (χ1) is 11.9. The first kappa shape index (κ1) is 18.4. The van der Waals surface area contributed by atoms with Crippen molar-refractivity contribution < 1.29 is 23.1 Å². The lowest BCUT2D eigenvalue weighted by molar-refractivity contribution is -0.117. The van der Waals surface area contributed by atoms with Gasteiger partial charge in [0.25, 0.3) is 0 Å². The molecule has 1 aromatic heterocycles. The van der Waals surface area contributed by atoms with Crippen LogP contribution in [0.4, 0.5) is 13.6 Å². The van der Waals surface area contributed by atoms with Gasteiger partial charge in [-0.1, -0.05) is 11.8 Å². The van der Waals surface area contributed by atoms with E-state index in [0.29, 0.717) is 5.56 Å². The molecule has 1 heterocycles. The predicted molar refractivity (Wildman–Crippen MR) is 85.6 cm³/mol. The number of urea groups is 1. The molecule has 1 aromatic carbocycles. The van der Waals surface area contributed by atoms with Gasteiger partial charge in [-0.25, -0.2) is 9.47 Å². The van der Waals surface area contributed by atoms with Gasteiger partial charge in [0.05, 0.1) is 5.75 Å². The topological polar surface area (TPSA) is 124 Å². The van der Waals surface area contributed by atoms with E-state index in [1.807, 2.05) is 0 Å². The van der Waals surface area contributed by atoms with Crippen LogP contribution in [-0.4, -0.2) is 46.2 Å². The number of nitrogen functional groups attached to an aromatic ring is 1. The molecule has 0 bridgehead atoms. The summed E-state index contributed by atoms with van der Waals surface area (Å²) in [6, 6.07) is 5.07. The number of imide groups is 1. The van der Waals surface area contributed by atoms with Crippen molar-refractivity contribution in [2.24, 2.45) is 0 Å². The standard InChI is InChI=1S/C13H14F2N6O3S/c1-17-12(23)18-9(22)6-25-13-20-19-10(21(13)16)7-2-4-8(5-3-7)24-11(14)15/h2-5,11H,6,16H2,1H3,(H2,17,18,22,23). The fourth-order valence-corrected chi connectivity index (χ4v) is 2.37. The lowest BCUT2D eigenvalue weighted by Gasteiger charge is -2.06. The lowest BCUT2D eigenvalue weighted by Crippen LogP contribution is -2.38. The Morgan fingerprint density at radius 2 is 2.00 bits per heavy atom. The molecule has 3 amide bonds. The van der Waals surface area contributed by atoms with E-state index in [1.54, 1.807) is 0 Å². The molecular weight excluding hydrogens is 358 g/mol. The number of hydrogen-bond acceptors (Lipinski definition) is 7. The molecule has 4 N–H and O–H groups in total. The molecule has 2 rings (SSSR count). The van der Waals surface area contributed by atoms with Gasteiger partial charge in [0.15, 0.2) is 5.82 Å². The number of nitrogens with one attached hydrogen (secondary N) is 2. The number of benzene rings is 1. The Bertz CT molecular complexity index is 753. The van der Waals surface area contributed by atoms with Gasteiger partial charge < -0.3 is 15.9 Å². The summed E-state index contributed by atoms with van der Waals surface area (Å²) in [5.74, 6) is 5.54. The van der Waals surface area contributed by atoms with Gasteiger partial charge in [0.2, 0.25) is 11.1 Å². The Morgan fingerprint density at radius 3 is 2.60 bits per heavy atom. The third-order valence-electron chi connectivity index (χ3n) is 2.81. The van der Waals surface area contributed by atoms with Gasteiger partial charge >= 0.3 is 12.6 Å². The maximum atomic E-state index is 12.1. The molecule has 0 saturated heterocycles. The predicted octanol–water partition coefficient (Wildman–Crippen LogP) is 0.808. The third-order valence-corrected chi connectivity index (χ3v) is 3.76. The van der Waals surface area contributed by atoms with Crippen LogP contribution in [0.2, 0.25) is 0 Å². The van der Waals surface area contributed by atoms with Crippen molar-refractivity contribution in [2.45, 2.75) is 11.8 Å². The molecular formula is C13H14F2N6O3S. The van der Waals surface area contributed by atoms with Crippen molar-refractivity contribution in [3.05, 3.63) is 24.3 Å². The number of alkyl halides is 2. The van der Waals surface area contributed by atoms with Crippen LogP contribution in [-0.2, 0) is 4.79 Å². The molecule has 0 aliphatic carbocycles. The summed E-state index contributed by atoms with van der Waals surface area (Å²) in [7, 11) is 1.39. The van der Waals surface area contributed by atoms with Gasteiger partial charge in [-0.3, -0.25) is 10.1 Å². The third kappa shape index (κ3) is 5.04. The van der Waals surface area contributed by atoms with Crippen molar-refractivity contribution >= 4 is 23.7 Å². The van der Waals surface area contributed by atoms with E-state index in [1.165, 1.54) is 31.3 Å². The van der Waals surface area contributed by atoms with Gasteiger partial charge in [-0.05, 0) is 24.3 Å². The zero-order chi connectivity index (χ0) is 18.4. The van der Waals surface area contributed by atoms with Crippen LogP contribution in [0.3, 0.4) is 0 Å². The first-order valence-electron chi connectivity index (χ1n) is 6.80. The molecule has 0 spiro atoms. The van der Waals surface area contributed by atoms with Crippen LogP contribution in [0.1, 0.15) is 0 Å². The van der Waals surface area contributed by atoms with E-state index in [2.05, 4.69) is 25.6 Å². The largest absolute Gasteiger partial charge is 0.435 e. The van der Waals surface area contributed by atoms with Crippen LogP contribution in [0.5, 0.6) is 5.75 Å². The summed E-state index contributed by atoms with van der Waals surface area (Å²) < 4.78 is 29.7. The van der Waals surface area contributed by atoms with Gasteiger partial charge in [-0.2, -0.15) is 8.78 Å². The smallest absolute Gasteiger partial charge is 0.387 e. The highest BCUT2D eigenvalue weighted by atomic mass is 32.2. The fourth-order valence-electron chi connectivity index (χ4n) is 1.71. The Kier molecular flexibility index (Phi) is 6.11. The SMILES string of the molecule is CNC(=O)NC(=O)CSc1nnc(-c2ccc(OC(F)F)cc2)n1N. The number of nitrogens with two attached hydrogens (primary N) is 1. The quantitative estimate of drug-likeness (QED) is 0.506. The van der Waals surface area contributed by atoms with Gasteiger partial charge in [-0.15, -0.1) is 10.2 Å². The second kappa shape index (κ2) is 8.28. The molecule has 0 aliphatic heterocycles. The molecule has 0 saturated carbocycles. The minimum absolute atomic E-state index is 0.00214. The molecule has 0 radical (unpaired) electrons. The molecule has 0 unspecified atom stereocenters. The molecule has 12 heteroatoms. The number of halogens is 2. The minimum Gasteiger partial charge on any atom is -0.435 e. The highest BCUT2D eigenvalue weighted by Crippen LogP contribution is 2.24. The number of carbonyl (C=O) groups excluding carboxylic acids is 2. The molecule has 25 heavy (non-hydrogen) atoms. The minimum atomic E-state index is -2.91. The Hall–Kier alpha value is -2.89. The van der Waals surface area contributed by atoms with Crippen molar-refractivity contribution in [3.63, 3.8) is 0 Å². The number of hydrogen-bond donors (Lipinski definition) is 3. The van der Waals surface area contributed by atoms with E-state index in [0.717, 1.165) is 16.4 Å². The average Bonchev–Trinajstić information content (AvgIpc) is 2.94. The number of aromatic nitrogens is 3. The average molecular weight is 372 g/mol. The zero-order valence-corrected chi connectivity index (χ0v) is 13.7. The molecule has 134 valence electrons. The molecule has 0 atom stereocenters. The Morgan fingerprint density at radius 1 is 1.32 bits per heavy atom. The van der Waals surface area contributed by atoms with Crippen molar-refractivity contribution in [3.8, 4) is 17.1 Å².